The lowest BCUT2D eigenvalue weighted by Crippen LogP contribution is -2.27. The van der Waals surface area contributed by atoms with E-state index in [0.29, 0.717) is 19.7 Å². The Morgan fingerprint density at radius 1 is 1.20 bits per heavy atom. The van der Waals surface area contributed by atoms with Crippen LogP contribution in [0.5, 0.6) is 0 Å². The minimum Gasteiger partial charge on any atom is -0.448 e. The Morgan fingerprint density at radius 3 is 2.60 bits per heavy atom. The molecule has 90 valence electrons. The van der Waals surface area contributed by atoms with E-state index < -0.39 is 0 Å². The smallest absolute Gasteiger partial charge is 0.407 e. The Balaban J connectivity index is 3.10. The normalized spacial score (nSPS) is 10.0. The van der Waals surface area contributed by atoms with Gasteiger partial charge in [0.1, 0.15) is 6.61 Å². The van der Waals surface area contributed by atoms with Gasteiger partial charge in [-0.15, -0.1) is 0 Å². The van der Waals surface area contributed by atoms with Crippen LogP contribution in [0.1, 0.15) is 25.7 Å². The van der Waals surface area contributed by atoms with Gasteiger partial charge in [-0.25, -0.2) is 4.79 Å². The molecule has 0 rings (SSSR count). The average Bonchev–Trinajstić information content (AvgIpc) is 2.23. The quantitative estimate of drug-likeness (QED) is 0.404. The van der Waals surface area contributed by atoms with Crippen LogP contribution in [0.3, 0.4) is 0 Å². The summed E-state index contributed by atoms with van der Waals surface area (Å²) in [6.07, 6.45) is 3.94. The number of rotatable bonds is 9. The van der Waals surface area contributed by atoms with Crippen molar-refractivity contribution in [2.45, 2.75) is 25.7 Å². The molecule has 0 heterocycles. The zero-order valence-corrected chi connectivity index (χ0v) is 10.3. The van der Waals surface area contributed by atoms with E-state index in [1.54, 1.807) is 0 Å². The molecule has 1 amide bonds. The van der Waals surface area contributed by atoms with Crippen molar-refractivity contribution in [2.75, 3.05) is 26.2 Å². The SMILES string of the molecule is NCCCCCCNC(=O)OCCNP. The van der Waals surface area contributed by atoms with Crippen LogP contribution in [0.25, 0.3) is 0 Å². The van der Waals surface area contributed by atoms with E-state index in [-0.39, 0.29) is 6.09 Å². The minimum atomic E-state index is -0.339. The highest BCUT2D eigenvalue weighted by atomic mass is 31.0. The predicted octanol–water partition coefficient (Wildman–Crippen LogP) is 0.611. The molecule has 1 atom stereocenters. The molecule has 0 aromatic heterocycles. The molecule has 0 aliphatic rings. The zero-order valence-electron chi connectivity index (χ0n) is 9.13. The van der Waals surface area contributed by atoms with Gasteiger partial charge >= 0.3 is 6.09 Å². The first-order valence-corrected chi connectivity index (χ1v) is 5.93. The molecule has 0 aromatic rings. The standard InChI is InChI=1S/C9H22N3O2P/c10-5-3-1-2-4-6-11-9(13)14-8-7-12-15/h12H,1-8,10,15H2,(H,11,13). The van der Waals surface area contributed by atoms with Crippen LogP contribution in [0.15, 0.2) is 0 Å². The van der Waals surface area contributed by atoms with E-state index in [4.69, 9.17) is 10.5 Å². The molecule has 0 aliphatic carbocycles. The summed E-state index contributed by atoms with van der Waals surface area (Å²) in [5, 5.41) is 5.50. The summed E-state index contributed by atoms with van der Waals surface area (Å²) in [7, 11) is 2.35. The lowest BCUT2D eigenvalue weighted by Gasteiger charge is -2.06. The summed E-state index contributed by atoms with van der Waals surface area (Å²) in [4.78, 5) is 11.0. The van der Waals surface area contributed by atoms with E-state index in [9.17, 15) is 4.79 Å². The first-order chi connectivity index (χ1) is 7.31. The fourth-order valence-electron chi connectivity index (χ4n) is 1.07. The number of amides is 1. The van der Waals surface area contributed by atoms with Crippen molar-refractivity contribution in [1.29, 1.82) is 0 Å². The summed E-state index contributed by atoms with van der Waals surface area (Å²) in [6.45, 7) is 2.46. The highest BCUT2D eigenvalue weighted by molar-refractivity contribution is 7.13. The molecule has 6 heteroatoms. The van der Waals surface area contributed by atoms with Gasteiger partial charge in [0.2, 0.25) is 0 Å². The Morgan fingerprint density at radius 2 is 1.93 bits per heavy atom. The van der Waals surface area contributed by atoms with Crippen molar-refractivity contribution >= 4 is 15.5 Å². The van der Waals surface area contributed by atoms with Crippen molar-refractivity contribution in [3.8, 4) is 0 Å². The zero-order chi connectivity index (χ0) is 11.4. The number of nitrogens with one attached hydrogen (secondary N) is 2. The van der Waals surface area contributed by atoms with Crippen LogP contribution in [-0.4, -0.2) is 32.3 Å². The van der Waals surface area contributed by atoms with Crippen molar-refractivity contribution in [3.05, 3.63) is 0 Å². The van der Waals surface area contributed by atoms with Crippen LogP contribution in [-0.2, 0) is 4.74 Å². The maximum atomic E-state index is 11.0. The maximum Gasteiger partial charge on any atom is 0.407 e. The average molecular weight is 235 g/mol. The molecule has 4 N–H and O–H groups in total. The van der Waals surface area contributed by atoms with Gasteiger partial charge in [0.05, 0.1) is 0 Å². The van der Waals surface area contributed by atoms with Crippen molar-refractivity contribution in [2.24, 2.45) is 5.73 Å². The molecular formula is C9H22N3O2P. The van der Waals surface area contributed by atoms with Crippen LogP contribution < -0.4 is 16.1 Å². The third-order valence-electron chi connectivity index (χ3n) is 1.88. The summed E-state index contributed by atoms with van der Waals surface area (Å²) < 4.78 is 4.86. The minimum absolute atomic E-state index is 0.339. The number of hydrogen-bond acceptors (Lipinski definition) is 4. The van der Waals surface area contributed by atoms with E-state index >= 15 is 0 Å². The molecular weight excluding hydrogens is 213 g/mol. The van der Waals surface area contributed by atoms with Crippen LogP contribution in [0, 0.1) is 0 Å². The largest absolute Gasteiger partial charge is 0.448 e. The number of unbranched alkanes of at least 4 members (excludes halogenated alkanes) is 3. The summed E-state index contributed by atoms with van der Waals surface area (Å²) in [6, 6.07) is 0. The molecule has 0 bridgehead atoms. The third-order valence-corrected chi connectivity index (χ3v) is 2.17. The monoisotopic (exact) mass is 235 g/mol. The summed E-state index contributed by atoms with van der Waals surface area (Å²) in [5.41, 5.74) is 5.36. The number of hydrogen-bond donors (Lipinski definition) is 3. The Hall–Kier alpha value is -0.380. The first kappa shape index (κ1) is 14.6. The Bertz CT molecular complexity index is 158. The number of alkyl carbamates (subject to hydrolysis) is 1. The molecule has 1 unspecified atom stereocenters. The van der Waals surface area contributed by atoms with E-state index in [0.717, 1.165) is 32.2 Å². The summed E-state index contributed by atoms with van der Waals surface area (Å²) in [5.74, 6) is 0. The topological polar surface area (TPSA) is 76.4 Å². The molecule has 5 nitrogen and oxygen atoms in total. The molecule has 0 saturated carbocycles. The van der Waals surface area contributed by atoms with Gasteiger partial charge in [-0.1, -0.05) is 22.2 Å². The van der Waals surface area contributed by atoms with Gasteiger partial charge < -0.3 is 15.8 Å². The fraction of sp³-hybridized carbons (Fsp3) is 0.889. The third kappa shape index (κ3) is 11.5. The number of ether oxygens (including phenoxy) is 1. The lowest BCUT2D eigenvalue weighted by atomic mass is 10.2. The molecule has 0 aromatic carbocycles. The highest BCUT2D eigenvalue weighted by Crippen LogP contribution is 1.96. The molecule has 0 aliphatic heterocycles. The van der Waals surface area contributed by atoms with Gasteiger partial charge in [-0.3, -0.25) is 5.09 Å². The summed E-state index contributed by atoms with van der Waals surface area (Å²) >= 11 is 0. The molecule has 0 saturated heterocycles. The molecule has 15 heavy (non-hydrogen) atoms. The van der Waals surface area contributed by atoms with Crippen LogP contribution in [0.4, 0.5) is 4.79 Å². The van der Waals surface area contributed by atoms with Gasteiger partial charge in [-0.2, -0.15) is 0 Å². The number of nitrogens with two attached hydrogens (primary N) is 1. The van der Waals surface area contributed by atoms with E-state index in [1.165, 1.54) is 0 Å². The second kappa shape index (κ2) is 11.7. The number of carbonyl (C=O) groups is 1. The van der Waals surface area contributed by atoms with E-state index in [1.807, 2.05) is 0 Å². The van der Waals surface area contributed by atoms with Gasteiger partial charge in [0.15, 0.2) is 0 Å². The molecule has 0 spiro atoms. The van der Waals surface area contributed by atoms with E-state index in [2.05, 4.69) is 19.8 Å². The second-order valence-electron chi connectivity index (χ2n) is 3.22. The van der Waals surface area contributed by atoms with Gasteiger partial charge in [-0.05, 0) is 19.4 Å². The van der Waals surface area contributed by atoms with Crippen LogP contribution in [0.2, 0.25) is 0 Å². The highest BCUT2D eigenvalue weighted by Gasteiger charge is 1.99. The van der Waals surface area contributed by atoms with Gasteiger partial charge in [0, 0.05) is 13.1 Å². The lowest BCUT2D eigenvalue weighted by molar-refractivity contribution is 0.148. The van der Waals surface area contributed by atoms with Crippen molar-refractivity contribution in [1.82, 2.24) is 10.4 Å². The van der Waals surface area contributed by atoms with Crippen molar-refractivity contribution < 1.29 is 9.53 Å². The fourth-order valence-corrected chi connectivity index (χ4v) is 1.18. The maximum absolute atomic E-state index is 11.0. The van der Waals surface area contributed by atoms with Gasteiger partial charge in [0.25, 0.3) is 0 Å². The van der Waals surface area contributed by atoms with Crippen molar-refractivity contribution in [3.63, 3.8) is 0 Å². The molecule has 0 radical (unpaired) electrons. The first-order valence-electron chi connectivity index (χ1n) is 5.35. The Kier molecular flexibility index (Phi) is 11.4. The Labute approximate surface area is 93.8 Å². The van der Waals surface area contributed by atoms with Crippen LogP contribution >= 0.6 is 9.39 Å². The second-order valence-corrected chi connectivity index (χ2v) is 3.63. The predicted molar refractivity (Wildman–Crippen MR) is 64.6 cm³/mol. The molecule has 0 fully saturated rings. The number of carbonyl (C=O) groups excluding carboxylic acids is 1.